The summed E-state index contributed by atoms with van der Waals surface area (Å²) in [6.45, 7) is 4.38. The predicted octanol–water partition coefficient (Wildman–Crippen LogP) is 3.99. The van der Waals surface area contributed by atoms with Gasteiger partial charge in [-0.2, -0.15) is 0 Å². The van der Waals surface area contributed by atoms with Crippen LogP contribution in [0.25, 0.3) is 11.1 Å². The molecule has 5 rings (SSSR count). The number of aromatic carboxylic acids is 1. The summed E-state index contributed by atoms with van der Waals surface area (Å²) < 4.78 is 5.70. The number of pyridine rings is 1. The lowest BCUT2D eigenvalue weighted by atomic mass is 9.89. The van der Waals surface area contributed by atoms with Crippen LogP contribution in [0.5, 0.6) is 5.75 Å². The largest absolute Gasteiger partial charge is 0.493 e. The number of ether oxygens (including phenoxy) is 1. The van der Waals surface area contributed by atoms with Crippen LogP contribution in [0.2, 0.25) is 0 Å². The normalized spacial score (nSPS) is 16.9. The monoisotopic (exact) mass is 415 g/mol. The van der Waals surface area contributed by atoms with Gasteiger partial charge in [-0.15, -0.1) is 0 Å². The van der Waals surface area contributed by atoms with E-state index in [0.717, 1.165) is 31.7 Å². The fourth-order valence-corrected chi connectivity index (χ4v) is 4.57. The molecule has 3 heterocycles. The van der Waals surface area contributed by atoms with Crippen LogP contribution in [0, 0.1) is 6.92 Å². The predicted molar refractivity (Wildman–Crippen MR) is 120 cm³/mol. The van der Waals surface area contributed by atoms with Gasteiger partial charge < -0.3 is 20.5 Å². The number of nitrogens with one attached hydrogen (secondary N) is 2. The number of carbonyl (C=O) groups is 1. The number of fused-ring (bicyclic) bond motifs is 2. The molecule has 0 radical (unpaired) electrons. The van der Waals surface area contributed by atoms with Crippen molar-refractivity contribution < 1.29 is 14.6 Å². The van der Waals surface area contributed by atoms with E-state index in [-0.39, 0.29) is 11.6 Å². The van der Waals surface area contributed by atoms with E-state index in [0.29, 0.717) is 12.2 Å². The van der Waals surface area contributed by atoms with E-state index in [4.69, 9.17) is 4.74 Å². The Bertz CT molecular complexity index is 1160. The molecule has 158 valence electrons. The van der Waals surface area contributed by atoms with Gasteiger partial charge in [0.1, 0.15) is 5.75 Å². The van der Waals surface area contributed by atoms with E-state index in [1.165, 1.54) is 45.6 Å². The Hall–Kier alpha value is -3.38. The average Bonchev–Trinajstić information content (AvgIpc) is 3.24. The summed E-state index contributed by atoms with van der Waals surface area (Å²) in [6.07, 6.45) is 5.01. The second kappa shape index (κ2) is 8.04. The zero-order valence-electron chi connectivity index (χ0n) is 17.4. The van der Waals surface area contributed by atoms with Crippen molar-refractivity contribution in [2.24, 2.45) is 0 Å². The molecule has 1 aromatic heterocycles. The number of hydrogen-bond donors (Lipinski definition) is 3. The van der Waals surface area contributed by atoms with Crippen molar-refractivity contribution in [2.75, 3.05) is 25.0 Å². The summed E-state index contributed by atoms with van der Waals surface area (Å²) in [5.41, 5.74) is 8.38. The Labute approximate surface area is 181 Å². The van der Waals surface area contributed by atoms with Crippen molar-refractivity contribution in [3.8, 4) is 16.9 Å². The first-order valence-corrected chi connectivity index (χ1v) is 10.6. The third-order valence-corrected chi connectivity index (χ3v) is 6.20. The fraction of sp³-hybridized carbons (Fsp3) is 0.280. The average molecular weight is 415 g/mol. The van der Waals surface area contributed by atoms with Crippen LogP contribution in [0.15, 0.2) is 48.8 Å². The number of rotatable bonds is 5. The summed E-state index contributed by atoms with van der Waals surface area (Å²) in [7, 11) is 0. The molecule has 0 fully saturated rings. The molecular formula is C25H25N3O3. The topological polar surface area (TPSA) is 83.5 Å². The first kappa shape index (κ1) is 19.6. The number of hydrogen-bond acceptors (Lipinski definition) is 5. The van der Waals surface area contributed by atoms with E-state index < -0.39 is 5.97 Å². The maximum atomic E-state index is 11.5. The molecule has 0 spiro atoms. The molecule has 31 heavy (non-hydrogen) atoms. The smallest absolute Gasteiger partial charge is 0.337 e. The highest BCUT2D eigenvalue weighted by atomic mass is 16.5. The Kier molecular flexibility index (Phi) is 5.08. The van der Waals surface area contributed by atoms with Gasteiger partial charge in [-0.25, -0.2) is 4.79 Å². The summed E-state index contributed by atoms with van der Waals surface area (Å²) in [6, 6.07) is 12.7. The van der Waals surface area contributed by atoms with Crippen molar-refractivity contribution >= 4 is 11.7 Å². The lowest BCUT2D eigenvalue weighted by Gasteiger charge is -2.28. The minimum Gasteiger partial charge on any atom is -0.493 e. The number of benzene rings is 2. The number of anilines is 1. The van der Waals surface area contributed by atoms with Crippen molar-refractivity contribution in [1.29, 1.82) is 0 Å². The Morgan fingerprint density at radius 1 is 1.23 bits per heavy atom. The molecular weight excluding hydrogens is 390 g/mol. The molecule has 2 aromatic carbocycles. The van der Waals surface area contributed by atoms with Gasteiger partial charge in [-0.05, 0) is 71.5 Å². The molecule has 1 atom stereocenters. The standard InChI is InChI=1S/C25H25N3O3/c1-15-10-24-18(6-9-31-24)12-21(15)16-2-3-19-17(11-16)4-8-27-23(19)14-28-22-13-26-7-5-20(22)25(29)30/h2-3,5,7,10-13,23,27-28H,4,6,8-9,14H2,1H3,(H,29,30). The molecule has 1 unspecified atom stereocenters. The van der Waals surface area contributed by atoms with Gasteiger partial charge in [0.25, 0.3) is 0 Å². The molecule has 6 heteroatoms. The van der Waals surface area contributed by atoms with E-state index in [2.05, 4.69) is 52.9 Å². The number of carboxylic acid groups (broad SMARTS) is 1. The van der Waals surface area contributed by atoms with Gasteiger partial charge in [0.15, 0.2) is 0 Å². The third kappa shape index (κ3) is 3.75. The summed E-state index contributed by atoms with van der Waals surface area (Å²) >= 11 is 0. The highest BCUT2D eigenvalue weighted by molar-refractivity contribution is 5.93. The number of nitrogens with zero attached hydrogens (tertiary/aromatic N) is 1. The van der Waals surface area contributed by atoms with Crippen molar-refractivity contribution in [3.05, 3.63) is 76.6 Å². The van der Waals surface area contributed by atoms with E-state index in [1.54, 1.807) is 6.20 Å². The molecule has 2 aliphatic rings. The van der Waals surface area contributed by atoms with Gasteiger partial charge in [0.2, 0.25) is 0 Å². The third-order valence-electron chi connectivity index (χ3n) is 6.20. The highest BCUT2D eigenvalue weighted by Gasteiger charge is 2.22. The van der Waals surface area contributed by atoms with Gasteiger partial charge in [-0.1, -0.05) is 18.2 Å². The lowest BCUT2D eigenvalue weighted by molar-refractivity contribution is 0.0697. The quantitative estimate of drug-likeness (QED) is 0.585. The Morgan fingerprint density at radius 3 is 3.00 bits per heavy atom. The van der Waals surface area contributed by atoms with E-state index >= 15 is 0 Å². The maximum absolute atomic E-state index is 11.5. The number of aromatic nitrogens is 1. The molecule has 2 aliphatic heterocycles. The molecule has 6 nitrogen and oxygen atoms in total. The molecule has 0 bridgehead atoms. The minimum atomic E-state index is -0.957. The van der Waals surface area contributed by atoms with Gasteiger partial charge in [0, 0.05) is 25.2 Å². The Balaban J connectivity index is 1.40. The molecule has 0 saturated carbocycles. The zero-order valence-corrected chi connectivity index (χ0v) is 17.4. The first-order chi connectivity index (χ1) is 15.1. The van der Waals surface area contributed by atoms with Crippen LogP contribution < -0.4 is 15.4 Å². The van der Waals surface area contributed by atoms with Crippen LogP contribution >= 0.6 is 0 Å². The fourth-order valence-electron chi connectivity index (χ4n) is 4.57. The summed E-state index contributed by atoms with van der Waals surface area (Å²) in [4.78, 5) is 15.5. The van der Waals surface area contributed by atoms with E-state index in [9.17, 15) is 9.90 Å². The van der Waals surface area contributed by atoms with Crippen LogP contribution in [-0.2, 0) is 12.8 Å². The van der Waals surface area contributed by atoms with Crippen LogP contribution in [0.1, 0.15) is 38.7 Å². The van der Waals surface area contributed by atoms with Gasteiger partial charge in [0.05, 0.1) is 24.1 Å². The van der Waals surface area contributed by atoms with Crippen LogP contribution in [0.3, 0.4) is 0 Å². The minimum absolute atomic E-state index is 0.106. The lowest BCUT2D eigenvalue weighted by Crippen LogP contribution is -2.34. The second-order valence-corrected chi connectivity index (χ2v) is 8.15. The van der Waals surface area contributed by atoms with Gasteiger partial charge >= 0.3 is 5.97 Å². The van der Waals surface area contributed by atoms with Crippen molar-refractivity contribution in [3.63, 3.8) is 0 Å². The SMILES string of the molecule is Cc1cc2c(cc1-c1ccc3c(c1)CCNC3CNc1cnccc1C(=O)O)CCO2. The summed E-state index contributed by atoms with van der Waals surface area (Å²) in [5, 5.41) is 16.2. The van der Waals surface area contributed by atoms with Crippen molar-refractivity contribution in [2.45, 2.75) is 25.8 Å². The summed E-state index contributed by atoms with van der Waals surface area (Å²) in [5.74, 6) is 0.0624. The van der Waals surface area contributed by atoms with Gasteiger partial charge in [-0.3, -0.25) is 4.98 Å². The molecule has 3 aromatic rings. The van der Waals surface area contributed by atoms with Crippen molar-refractivity contribution in [1.82, 2.24) is 10.3 Å². The Morgan fingerprint density at radius 2 is 2.13 bits per heavy atom. The number of aryl methyl sites for hydroxylation is 1. The van der Waals surface area contributed by atoms with Crippen LogP contribution in [0.4, 0.5) is 5.69 Å². The first-order valence-electron chi connectivity index (χ1n) is 10.6. The zero-order chi connectivity index (χ0) is 21.4. The van der Waals surface area contributed by atoms with E-state index in [1.807, 2.05) is 0 Å². The number of carboxylic acids is 1. The molecule has 0 amide bonds. The molecule has 3 N–H and O–H groups in total. The highest BCUT2D eigenvalue weighted by Crippen LogP contribution is 2.35. The maximum Gasteiger partial charge on any atom is 0.337 e. The second-order valence-electron chi connectivity index (χ2n) is 8.15. The molecule has 0 aliphatic carbocycles. The van der Waals surface area contributed by atoms with Crippen LogP contribution in [-0.4, -0.2) is 35.8 Å². The molecule has 0 saturated heterocycles.